The van der Waals surface area contributed by atoms with Crippen LogP contribution in [0.2, 0.25) is 0 Å². The molecule has 1 amide bonds. The molecule has 0 saturated carbocycles. The molecule has 3 nitrogen and oxygen atoms in total. The molecule has 110 valence electrons. The predicted octanol–water partition coefficient (Wildman–Crippen LogP) is 2.51. The first-order valence-electron chi connectivity index (χ1n) is 7.63. The Morgan fingerprint density at radius 3 is 2.75 bits per heavy atom. The summed E-state index contributed by atoms with van der Waals surface area (Å²) in [7, 11) is 0. The number of rotatable bonds is 6. The minimum Gasteiger partial charge on any atom is -0.352 e. The number of benzene rings is 1. The molecule has 1 aromatic carbocycles. The van der Waals surface area contributed by atoms with Crippen molar-refractivity contribution in [1.82, 2.24) is 10.6 Å². The van der Waals surface area contributed by atoms with Crippen LogP contribution in [0.25, 0.3) is 0 Å². The van der Waals surface area contributed by atoms with Gasteiger partial charge in [-0.05, 0) is 37.8 Å². The maximum Gasteiger partial charge on any atom is 0.225 e. The second kappa shape index (κ2) is 6.89. The number of carbonyl (C=O) groups excluding carboxylic acids is 1. The summed E-state index contributed by atoms with van der Waals surface area (Å²) in [6, 6.07) is 10.8. The lowest BCUT2D eigenvalue weighted by Crippen LogP contribution is -2.43. The first-order valence-corrected chi connectivity index (χ1v) is 7.63. The van der Waals surface area contributed by atoms with E-state index in [9.17, 15) is 4.79 Å². The van der Waals surface area contributed by atoms with Crippen LogP contribution >= 0.6 is 0 Å². The molecule has 2 rings (SSSR count). The molecule has 1 heterocycles. The van der Waals surface area contributed by atoms with Gasteiger partial charge in [-0.2, -0.15) is 0 Å². The van der Waals surface area contributed by atoms with Gasteiger partial charge in [-0.15, -0.1) is 0 Å². The minimum absolute atomic E-state index is 0.194. The summed E-state index contributed by atoms with van der Waals surface area (Å²) >= 11 is 0. The highest BCUT2D eigenvalue weighted by atomic mass is 16.2. The van der Waals surface area contributed by atoms with E-state index >= 15 is 0 Å². The number of aryl methyl sites for hydroxylation is 1. The van der Waals surface area contributed by atoms with Crippen molar-refractivity contribution in [2.24, 2.45) is 5.41 Å². The van der Waals surface area contributed by atoms with Crippen LogP contribution in [-0.4, -0.2) is 25.0 Å². The topological polar surface area (TPSA) is 41.1 Å². The van der Waals surface area contributed by atoms with E-state index in [1.165, 1.54) is 5.56 Å². The van der Waals surface area contributed by atoms with Crippen LogP contribution in [0.15, 0.2) is 30.3 Å². The van der Waals surface area contributed by atoms with E-state index in [4.69, 9.17) is 0 Å². The molecule has 0 spiro atoms. The van der Waals surface area contributed by atoms with Gasteiger partial charge in [0.1, 0.15) is 0 Å². The molecule has 0 bridgehead atoms. The summed E-state index contributed by atoms with van der Waals surface area (Å²) in [4.78, 5) is 12.3. The van der Waals surface area contributed by atoms with E-state index in [0.29, 0.717) is 6.04 Å². The molecule has 1 unspecified atom stereocenters. The average molecular weight is 274 g/mol. The molecular formula is C17H26N2O. The normalized spacial score (nSPS) is 19.0. The molecule has 0 radical (unpaired) electrons. The molecular weight excluding hydrogens is 248 g/mol. The fourth-order valence-corrected chi connectivity index (χ4v) is 2.65. The molecule has 2 N–H and O–H groups in total. The monoisotopic (exact) mass is 274 g/mol. The van der Waals surface area contributed by atoms with Gasteiger partial charge in [0.25, 0.3) is 0 Å². The highest BCUT2D eigenvalue weighted by Crippen LogP contribution is 2.24. The van der Waals surface area contributed by atoms with E-state index in [1.54, 1.807) is 0 Å². The summed E-state index contributed by atoms with van der Waals surface area (Å²) < 4.78 is 0. The number of hydrogen-bond donors (Lipinski definition) is 2. The molecule has 1 atom stereocenters. The number of nitrogens with one attached hydrogen (secondary N) is 2. The molecule has 1 saturated heterocycles. The van der Waals surface area contributed by atoms with Gasteiger partial charge in [-0.3, -0.25) is 4.79 Å². The van der Waals surface area contributed by atoms with Crippen LogP contribution in [0.1, 0.15) is 38.7 Å². The van der Waals surface area contributed by atoms with Crippen molar-refractivity contribution in [3.63, 3.8) is 0 Å². The predicted molar refractivity (Wildman–Crippen MR) is 82.6 cm³/mol. The van der Waals surface area contributed by atoms with Gasteiger partial charge < -0.3 is 10.6 Å². The summed E-state index contributed by atoms with van der Waals surface area (Å²) in [6.45, 7) is 6.02. The quantitative estimate of drug-likeness (QED) is 0.837. The summed E-state index contributed by atoms with van der Waals surface area (Å²) in [5.41, 5.74) is 1.07. The number of carbonyl (C=O) groups is 1. The Labute approximate surface area is 122 Å². The first-order chi connectivity index (χ1) is 9.58. The highest BCUT2D eigenvalue weighted by molar-refractivity contribution is 5.82. The van der Waals surface area contributed by atoms with Crippen LogP contribution in [0.3, 0.4) is 0 Å². The van der Waals surface area contributed by atoms with E-state index in [0.717, 1.165) is 38.8 Å². The third-order valence-corrected chi connectivity index (χ3v) is 4.12. The van der Waals surface area contributed by atoms with Crippen molar-refractivity contribution in [2.45, 2.75) is 45.6 Å². The van der Waals surface area contributed by atoms with Crippen LogP contribution in [-0.2, 0) is 11.2 Å². The van der Waals surface area contributed by atoms with Crippen molar-refractivity contribution in [1.29, 1.82) is 0 Å². The van der Waals surface area contributed by atoms with E-state index in [1.807, 2.05) is 6.07 Å². The van der Waals surface area contributed by atoms with Crippen molar-refractivity contribution in [3.05, 3.63) is 35.9 Å². The SMILES string of the molecule is CC(C)(CCCc1ccccc1)C(=O)NC1CCNC1. The molecule has 1 aliphatic rings. The second-order valence-corrected chi connectivity index (χ2v) is 6.39. The van der Waals surface area contributed by atoms with Crippen LogP contribution in [0, 0.1) is 5.41 Å². The van der Waals surface area contributed by atoms with Gasteiger partial charge in [-0.25, -0.2) is 0 Å². The van der Waals surface area contributed by atoms with Gasteiger partial charge >= 0.3 is 0 Å². The lowest BCUT2D eigenvalue weighted by molar-refractivity contribution is -0.130. The Morgan fingerprint density at radius 1 is 1.35 bits per heavy atom. The Hall–Kier alpha value is -1.35. The summed E-state index contributed by atoms with van der Waals surface area (Å²) in [5.74, 6) is 0.194. The van der Waals surface area contributed by atoms with Crippen molar-refractivity contribution < 1.29 is 4.79 Å². The molecule has 1 aromatic rings. The summed E-state index contributed by atoms with van der Waals surface area (Å²) in [5, 5.41) is 6.45. The number of hydrogen-bond acceptors (Lipinski definition) is 2. The van der Waals surface area contributed by atoms with Crippen molar-refractivity contribution >= 4 is 5.91 Å². The van der Waals surface area contributed by atoms with Gasteiger partial charge in [0.05, 0.1) is 0 Å². The zero-order chi connectivity index (χ0) is 14.4. The van der Waals surface area contributed by atoms with Gasteiger partial charge in [0.2, 0.25) is 5.91 Å². The second-order valence-electron chi connectivity index (χ2n) is 6.39. The zero-order valence-corrected chi connectivity index (χ0v) is 12.6. The van der Waals surface area contributed by atoms with E-state index in [2.05, 4.69) is 48.7 Å². The molecule has 3 heteroatoms. The minimum atomic E-state index is -0.280. The van der Waals surface area contributed by atoms with Crippen LogP contribution < -0.4 is 10.6 Å². The molecule has 0 aliphatic carbocycles. The molecule has 20 heavy (non-hydrogen) atoms. The van der Waals surface area contributed by atoms with Crippen LogP contribution in [0.4, 0.5) is 0 Å². The molecule has 1 aliphatic heterocycles. The maximum atomic E-state index is 12.3. The lowest BCUT2D eigenvalue weighted by atomic mass is 9.85. The fraction of sp³-hybridized carbons (Fsp3) is 0.588. The Kier molecular flexibility index (Phi) is 5.18. The molecule has 1 fully saturated rings. The largest absolute Gasteiger partial charge is 0.352 e. The Bertz CT molecular complexity index is 422. The van der Waals surface area contributed by atoms with Crippen molar-refractivity contribution in [3.8, 4) is 0 Å². The number of amides is 1. The van der Waals surface area contributed by atoms with Gasteiger partial charge in [0.15, 0.2) is 0 Å². The third-order valence-electron chi connectivity index (χ3n) is 4.12. The lowest BCUT2D eigenvalue weighted by Gasteiger charge is -2.25. The Morgan fingerprint density at radius 2 is 2.10 bits per heavy atom. The fourth-order valence-electron chi connectivity index (χ4n) is 2.65. The first kappa shape index (κ1) is 15.0. The molecule has 0 aromatic heterocycles. The summed E-state index contributed by atoms with van der Waals surface area (Å²) in [6.07, 6.45) is 4.07. The highest BCUT2D eigenvalue weighted by Gasteiger charge is 2.29. The van der Waals surface area contributed by atoms with Gasteiger partial charge in [-0.1, -0.05) is 44.2 Å². The van der Waals surface area contributed by atoms with Crippen molar-refractivity contribution in [2.75, 3.05) is 13.1 Å². The van der Waals surface area contributed by atoms with E-state index in [-0.39, 0.29) is 11.3 Å². The van der Waals surface area contributed by atoms with Crippen LogP contribution in [0.5, 0.6) is 0 Å². The third kappa shape index (κ3) is 4.34. The maximum absolute atomic E-state index is 12.3. The average Bonchev–Trinajstić information content (AvgIpc) is 2.92. The van der Waals surface area contributed by atoms with E-state index < -0.39 is 0 Å². The van der Waals surface area contributed by atoms with Gasteiger partial charge in [0, 0.05) is 18.0 Å². The standard InChI is InChI=1S/C17H26N2O/c1-17(2,16(20)19-15-10-12-18-13-15)11-6-9-14-7-4-3-5-8-14/h3-5,7-8,15,18H,6,9-13H2,1-2H3,(H,19,20). The Balaban J connectivity index is 1.76. The smallest absolute Gasteiger partial charge is 0.225 e. The zero-order valence-electron chi connectivity index (χ0n) is 12.6.